The number of hydrogen-bond acceptors (Lipinski definition) is 4. The van der Waals surface area contributed by atoms with Gasteiger partial charge in [-0.25, -0.2) is 4.79 Å². The monoisotopic (exact) mass is 404 g/mol. The van der Waals surface area contributed by atoms with Crippen molar-refractivity contribution in [1.82, 2.24) is 0 Å². The van der Waals surface area contributed by atoms with Crippen LogP contribution in [0, 0.1) is 11.8 Å². The molecule has 5 rings (SSSR count). The van der Waals surface area contributed by atoms with Crippen molar-refractivity contribution in [2.24, 2.45) is 11.8 Å². The highest BCUT2D eigenvalue weighted by Gasteiger charge is 2.60. The third-order valence-corrected chi connectivity index (χ3v) is 8.16. The SMILES string of the molecule is C=C(C)C(=O)OC12CC3CC(CC(OCCCCCCC4(CC)CCO4)(C3)C1)C2. The fourth-order valence-electron chi connectivity index (χ4n) is 6.90. The minimum atomic E-state index is -0.294. The van der Waals surface area contributed by atoms with Crippen LogP contribution in [0.1, 0.15) is 97.3 Å². The van der Waals surface area contributed by atoms with Crippen molar-refractivity contribution < 1.29 is 19.0 Å². The van der Waals surface area contributed by atoms with E-state index in [1.165, 1.54) is 38.5 Å². The average molecular weight is 405 g/mol. The van der Waals surface area contributed by atoms with Gasteiger partial charge in [-0.1, -0.05) is 32.8 Å². The summed E-state index contributed by atoms with van der Waals surface area (Å²) in [6, 6.07) is 0. The van der Waals surface area contributed by atoms with Gasteiger partial charge < -0.3 is 14.2 Å². The van der Waals surface area contributed by atoms with E-state index < -0.39 is 0 Å². The van der Waals surface area contributed by atoms with Gasteiger partial charge in [0.2, 0.25) is 0 Å². The summed E-state index contributed by atoms with van der Waals surface area (Å²) in [6.45, 7) is 9.57. The summed E-state index contributed by atoms with van der Waals surface area (Å²) in [6.07, 6.45) is 15.1. The summed E-state index contributed by atoms with van der Waals surface area (Å²) >= 11 is 0. The summed E-state index contributed by atoms with van der Waals surface area (Å²) in [5, 5.41) is 0. The molecule has 0 aromatic rings. The van der Waals surface area contributed by atoms with Crippen molar-refractivity contribution in [2.45, 2.75) is 114 Å². The zero-order valence-electron chi connectivity index (χ0n) is 18.6. The first kappa shape index (κ1) is 21.4. The van der Waals surface area contributed by atoms with Crippen molar-refractivity contribution >= 4 is 5.97 Å². The van der Waals surface area contributed by atoms with Crippen LogP contribution in [0.2, 0.25) is 0 Å². The molecule has 5 aliphatic rings. The summed E-state index contributed by atoms with van der Waals surface area (Å²) in [4.78, 5) is 12.2. The van der Waals surface area contributed by atoms with Crippen molar-refractivity contribution in [3.63, 3.8) is 0 Å². The normalized spacial score (nSPS) is 39.9. The van der Waals surface area contributed by atoms with Gasteiger partial charge >= 0.3 is 5.97 Å². The Balaban J connectivity index is 1.21. The van der Waals surface area contributed by atoms with E-state index in [1.807, 2.05) is 0 Å². The van der Waals surface area contributed by atoms with Crippen LogP contribution in [0.15, 0.2) is 12.2 Å². The fourth-order valence-corrected chi connectivity index (χ4v) is 6.90. The van der Waals surface area contributed by atoms with Crippen molar-refractivity contribution in [2.75, 3.05) is 13.2 Å². The fraction of sp³-hybridized carbons (Fsp3) is 0.880. The number of rotatable bonds is 11. The van der Waals surface area contributed by atoms with Crippen LogP contribution in [0.3, 0.4) is 0 Å². The van der Waals surface area contributed by atoms with Gasteiger partial charge in [-0.3, -0.25) is 0 Å². The highest BCUT2D eigenvalue weighted by Crippen LogP contribution is 2.60. The quantitative estimate of drug-likeness (QED) is 0.250. The average Bonchev–Trinajstić information content (AvgIpc) is 2.61. The molecule has 3 atom stereocenters. The maximum absolute atomic E-state index is 12.2. The molecule has 0 N–H and O–H groups in total. The topological polar surface area (TPSA) is 44.8 Å². The van der Waals surface area contributed by atoms with Gasteiger partial charge in [0, 0.05) is 18.6 Å². The zero-order valence-corrected chi connectivity index (χ0v) is 18.6. The zero-order chi connectivity index (χ0) is 20.5. The molecule has 4 heteroatoms. The van der Waals surface area contributed by atoms with E-state index in [0.717, 1.165) is 58.2 Å². The highest BCUT2D eigenvalue weighted by atomic mass is 16.6. The second-order valence-electron chi connectivity index (χ2n) is 10.6. The van der Waals surface area contributed by atoms with E-state index in [-0.39, 0.29) is 22.8 Å². The van der Waals surface area contributed by atoms with Crippen LogP contribution < -0.4 is 0 Å². The van der Waals surface area contributed by atoms with E-state index >= 15 is 0 Å². The Labute approximate surface area is 176 Å². The van der Waals surface area contributed by atoms with Crippen molar-refractivity contribution in [1.29, 1.82) is 0 Å². The lowest BCUT2D eigenvalue weighted by Gasteiger charge is -2.60. The van der Waals surface area contributed by atoms with Gasteiger partial charge in [-0.15, -0.1) is 0 Å². The van der Waals surface area contributed by atoms with Gasteiger partial charge in [-0.2, -0.15) is 0 Å². The molecular weight excluding hydrogens is 364 g/mol. The Morgan fingerprint density at radius 3 is 2.31 bits per heavy atom. The Morgan fingerprint density at radius 2 is 1.72 bits per heavy atom. The molecule has 0 aromatic heterocycles. The minimum absolute atomic E-state index is 0.0501. The van der Waals surface area contributed by atoms with Gasteiger partial charge in [0.1, 0.15) is 5.60 Å². The van der Waals surface area contributed by atoms with Crippen LogP contribution in [0.4, 0.5) is 0 Å². The lowest BCUT2D eigenvalue weighted by atomic mass is 9.52. The van der Waals surface area contributed by atoms with E-state index in [2.05, 4.69) is 13.5 Å². The Morgan fingerprint density at radius 1 is 1.07 bits per heavy atom. The maximum Gasteiger partial charge on any atom is 0.333 e. The third kappa shape index (κ3) is 4.58. The molecular formula is C25H40O4. The molecule has 29 heavy (non-hydrogen) atoms. The predicted molar refractivity (Wildman–Crippen MR) is 114 cm³/mol. The highest BCUT2D eigenvalue weighted by molar-refractivity contribution is 5.87. The number of ether oxygens (including phenoxy) is 3. The lowest BCUT2D eigenvalue weighted by Crippen LogP contribution is -2.61. The molecule has 0 radical (unpaired) electrons. The number of hydrogen-bond donors (Lipinski definition) is 0. The smallest absolute Gasteiger partial charge is 0.333 e. The molecule has 4 saturated carbocycles. The van der Waals surface area contributed by atoms with E-state index in [4.69, 9.17) is 14.2 Å². The summed E-state index contributed by atoms with van der Waals surface area (Å²) < 4.78 is 18.4. The summed E-state index contributed by atoms with van der Waals surface area (Å²) in [7, 11) is 0. The van der Waals surface area contributed by atoms with Crippen LogP contribution in [0.25, 0.3) is 0 Å². The van der Waals surface area contributed by atoms with Gasteiger partial charge in [-0.05, 0) is 76.5 Å². The van der Waals surface area contributed by atoms with Gasteiger partial charge in [0.05, 0.1) is 17.8 Å². The van der Waals surface area contributed by atoms with Crippen LogP contribution in [-0.2, 0) is 19.0 Å². The van der Waals surface area contributed by atoms with Crippen LogP contribution in [0.5, 0.6) is 0 Å². The number of unbranched alkanes of at least 4 members (excludes halogenated alkanes) is 3. The molecule has 0 amide bonds. The minimum Gasteiger partial charge on any atom is -0.456 e. The standard InChI is InChI=1S/C25H40O4/c1-4-23(10-12-28-23)9-7-5-6-8-11-27-24-14-20-13-21(15-24)17-25(16-20,18-24)29-22(26)19(2)3/h20-21H,2,4-18H2,1,3H3. The molecule has 4 aliphatic carbocycles. The molecule has 0 aromatic carbocycles. The molecule has 1 heterocycles. The first-order valence-electron chi connectivity index (χ1n) is 12.0. The largest absolute Gasteiger partial charge is 0.456 e. The molecule has 1 aliphatic heterocycles. The Kier molecular flexibility index (Phi) is 6.14. The van der Waals surface area contributed by atoms with Crippen LogP contribution >= 0.6 is 0 Å². The number of carbonyl (C=O) groups excluding carboxylic acids is 1. The predicted octanol–water partition coefficient (Wildman–Crippen LogP) is 5.73. The number of carbonyl (C=O) groups is 1. The van der Waals surface area contributed by atoms with Crippen molar-refractivity contribution in [3.05, 3.63) is 12.2 Å². The van der Waals surface area contributed by atoms with E-state index in [9.17, 15) is 4.79 Å². The molecule has 4 bridgehead atoms. The molecule has 164 valence electrons. The third-order valence-electron chi connectivity index (χ3n) is 8.16. The summed E-state index contributed by atoms with van der Waals surface area (Å²) in [5.41, 5.74) is 0.376. The second-order valence-corrected chi connectivity index (χ2v) is 10.6. The number of esters is 1. The first-order valence-corrected chi connectivity index (χ1v) is 12.0. The van der Waals surface area contributed by atoms with E-state index in [0.29, 0.717) is 17.4 Å². The lowest BCUT2D eigenvalue weighted by molar-refractivity contribution is -0.232. The maximum atomic E-state index is 12.2. The summed E-state index contributed by atoms with van der Waals surface area (Å²) in [5.74, 6) is 1.09. The van der Waals surface area contributed by atoms with Crippen molar-refractivity contribution in [3.8, 4) is 0 Å². The second kappa shape index (κ2) is 8.34. The molecule has 5 fully saturated rings. The Bertz CT molecular complexity index is 601. The van der Waals surface area contributed by atoms with E-state index in [1.54, 1.807) is 6.92 Å². The van der Waals surface area contributed by atoms with Gasteiger partial charge in [0.15, 0.2) is 0 Å². The first-order chi connectivity index (χ1) is 13.9. The van der Waals surface area contributed by atoms with Gasteiger partial charge in [0.25, 0.3) is 0 Å². The molecule has 4 nitrogen and oxygen atoms in total. The molecule has 3 unspecified atom stereocenters. The Hall–Kier alpha value is -0.870. The molecule has 1 saturated heterocycles. The van der Waals surface area contributed by atoms with Crippen LogP contribution in [-0.4, -0.2) is 36.0 Å². The molecule has 0 spiro atoms.